The van der Waals surface area contributed by atoms with E-state index in [1.165, 1.54) is 0 Å². The molecule has 0 bridgehead atoms. The van der Waals surface area contributed by atoms with Gasteiger partial charge in [-0.25, -0.2) is 0 Å². The summed E-state index contributed by atoms with van der Waals surface area (Å²) in [4.78, 5) is 0. The summed E-state index contributed by atoms with van der Waals surface area (Å²) in [5, 5.41) is 9.25. The number of hydrogen-bond donors (Lipinski definition) is 1. The van der Waals surface area contributed by atoms with E-state index in [9.17, 15) is 5.11 Å². The quantitative estimate of drug-likeness (QED) is 0.593. The molecule has 0 heterocycles. The molecule has 0 aromatic rings. The number of ether oxygens (including phenoxy) is 1. The molecular weight excluding hydrogens is 128 g/mol. The van der Waals surface area contributed by atoms with Crippen LogP contribution >= 0.6 is 0 Å². The Morgan fingerprint density at radius 1 is 1.70 bits per heavy atom. The van der Waals surface area contributed by atoms with Gasteiger partial charge in [0.25, 0.3) is 0 Å². The van der Waals surface area contributed by atoms with Crippen LogP contribution in [0.2, 0.25) is 0 Å². The SMILES string of the molecule is COC1=CC(C)=CCC1O. The van der Waals surface area contributed by atoms with Crippen molar-refractivity contribution in [1.82, 2.24) is 0 Å². The number of rotatable bonds is 1. The molecule has 2 heteroatoms. The number of aliphatic hydroxyl groups excluding tert-OH is 1. The first-order valence-corrected chi connectivity index (χ1v) is 3.34. The largest absolute Gasteiger partial charge is 0.498 e. The maximum atomic E-state index is 9.25. The van der Waals surface area contributed by atoms with Crippen molar-refractivity contribution < 1.29 is 9.84 Å². The average molecular weight is 140 g/mol. The average Bonchev–Trinajstić information content (AvgIpc) is 1.94. The van der Waals surface area contributed by atoms with Crippen LogP contribution in [-0.4, -0.2) is 18.3 Å². The number of methoxy groups -OCH3 is 1. The maximum Gasteiger partial charge on any atom is 0.125 e. The maximum absolute atomic E-state index is 9.25. The topological polar surface area (TPSA) is 29.5 Å². The molecule has 10 heavy (non-hydrogen) atoms. The Kier molecular flexibility index (Phi) is 2.12. The molecule has 1 atom stereocenters. The summed E-state index contributed by atoms with van der Waals surface area (Å²) in [6.45, 7) is 1.99. The van der Waals surface area contributed by atoms with E-state index in [0.717, 1.165) is 5.57 Å². The third-order valence-electron chi connectivity index (χ3n) is 1.60. The Hall–Kier alpha value is -0.760. The first kappa shape index (κ1) is 7.35. The highest BCUT2D eigenvalue weighted by Gasteiger charge is 2.13. The van der Waals surface area contributed by atoms with Crippen molar-refractivity contribution >= 4 is 0 Å². The van der Waals surface area contributed by atoms with Gasteiger partial charge in [-0.1, -0.05) is 11.6 Å². The molecule has 1 rings (SSSR count). The number of allylic oxidation sites excluding steroid dienone is 2. The summed E-state index contributed by atoms with van der Waals surface area (Å²) in [6, 6.07) is 0. The van der Waals surface area contributed by atoms with Gasteiger partial charge in [0.15, 0.2) is 0 Å². The lowest BCUT2D eigenvalue weighted by Gasteiger charge is -2.16. The fraction of sp³-hybridized carbons (Fsp3) is 0.500. The van der Waals surface area contributed by atoms with E-state index >= 15 is 0 Å². The third-order valence-corrected chi connectivity index (χ3v) is 1.60. The molecule has 0 aromatic carbocycles. The smallest absolute Gasteiger partial charge is 0.125 e. The van der Waals surface area contributed by atoms with Crippen molar-refractivity contribution in [3.8, 4) is 0 Å². The summed E-state index contributed by atoms with van der Waals surface area (Å²) in [5.41, 5.74) is 1.15. The standard InChI is InChI=1S/C8H12O2/c1-6-3-4-7(9)8(5-6)10-2/h3,5,7,9H,4H2,1-2H3. The predicted molar refractivity (Wildman–Crippen MR) is 39.5 cm³/mol. The van der Waals surface area contributed by atoms with Crippen LogP contribution in [0.15, 0.2) is 23.5 Å². The summed E-state index contributed by atoms with van der Waals surface area (Å²) in [7, 11) is 1.58. The fourth-order valence-corrected chi connectivity index (χ4v) is 0.988. The molecular formula is C8H12O2. The molecule has 0 spiro atoms. The number of hydrogen-bond acceptors (Lipinski definition) is 2. The second kappa shape index (κ2) is 2.88. The molecule has 0 aromatic heterocycles. The Morgan fingerprint density at radius 3 is 2.90 bits per heavy atom. The molecule has 0 saturated heterocycles. The van der Waals surface area contributed by atoms with Crippen molar-refractivity contribution in [3.63, 3.8) is 0 Å². The van der Waals surface area contributed by atoms with Crippen LogP contribution in [0.5, 0.6) is 0 Å². The van der Waals surface area contributed by atoms with Crippen LogP contribution in [0.3, 0.4) is 0 Å². The second-order valence-corrected chi connectivity index (χ2v) is 2.45. The molecule has 1 aliphatic rings. The zero-order valence-electron chi connectivity index (χ0n) is 6.29. The fourth-order valence-electron chi connectivity index (χ4n) is 0.988. The van der Waals surface area contributed by atoms with Crippen LogP contribution in [0, 0.1) is 0 Å². The van der Waals surface area contributed by atoms with E-state index in [4.69, 9.17) is 4.74 Å². The van der Waals surface area contributed by atoms with E-state index < -0.39 is 6.10 Å². The predicted octanol–water partition coefficient (Wildman–Crippen LogP) is 1.23. The highest BCUT2D eigenvalue weighted by atomic mass is 16.5. The summed E-state index contributed by atoms with van der Waals surface area (Å²) >= 11 is 0. The van der Waals surface area contributed by atoms with Gasteiger partial charge in [0, 0.05) is 0 Å². The van der Waals surface area contributed by atoms with Crippen molar-refractivity contribution in [3.05, 3.63) is 23.5 Å². The zero-order chi connectivity index (χ0) is 7.56. The normalized spacial score (nSPS) is 25.3. The Labute approximate surface area is 60.8 Å². The van der Waals surface area contributed by atoms with Crippen molar-refractivity contribution in [2.45, 2.75) is 19.4 Å². The summed E-state index contributed by atoms with van der Waals surface area (Å²) in [5.74, 6) is 0.667. The van der Waals surface area contributed by atoms with Gasteiger partial charge in [-0.15, -0.1) is 0 Å². The van der Waals surface area contributed by atoms with Gasteiger partial charge >= 0.3 is 0 Å². The monoisotopic (exact) mass is 140 g/mol. The van der Waals surface area contributed by atoms with Gasteiger partial charge in [0.1, 0.15) is 11.9 Å². The lowest BCUT2D eigenvalue weighted by atomic mass is 10.0. The molecule has 0 amide bonds. The molecule has 0 radical (unpaired) electrons. The minimum Gasteiger partial charge on any atom is -0.498 e. The lowest BCUT2D eigenvalue weighted by molar-refractivity contribution is 0.128. The molecule has 0 saturated carbocycles. The van der Waals surface area contributed by atoms with Gasteiger partial charge in [0.2, 0.25) is 0 Å². The molecule has 56 valence electrons. The molecule has 1 unspecified atom stereocenters. The van der Waals surface area contributed by atoms with Gasteiger partial charge in [-0.2, -0.15) is 0 Å². The molecule has 2 nitrogen and oxygen atoms in total. The van der Waals surface area contributed by atoms with Crippen LogP contribution < -0.4 is 0 Å². The van der Waals surface area contributed by atoms with Crippen LogP contribution in [0.4, 0.5) is 0 Å². The van der Waals surface area contributed by atoms with Gasteiger partial charge in [-0.05, 0) is 19.4 Å². The lowest BCUT2D eigenvalue weighted by Crippen LogP contribution is -2.13. The summed E-state index contributed by atoms with van der Waals surface area (Å²) < 4.78 is 4.94. The van der Waals surface area contributed by atoms with Crippen molar-refractivity contribution in [1.29, 1.82) is 0 Å². The van der Waals surface area contributed by atoms with E-state index in [1.807, 2.05) is 19.1 Å². The minimum atomic E-state index is -0.436. The van der Waals surface area contributed by atoms with Crippen molar-refractivity contribution in [2.24, 2.45) is 0 Å². The van der Waals surface area contributed by atoms with Gasteiger partial charge in [0.05, 0.1) is 7.11 Å². The Morgan fingerprint density at radius 2 is 2.40 bits per heavy atom. The summed E-state index contributed by atoms with van der Waals surface area (Å²) in [6.07, 6.45) is 4.08. The van der Waals surface area contributed by atoms with Gasteiger partial charge < -0.3 is 9.84 Å². The zero-order valence-corrected chi connectivity index (χ0v) is 6.29. The van der Waals surface area contributed by atoms with E-state index in [2.05, 4.69) is 0 Å². The molecule has 0 aliphatic heterocycles. The van der Waals surface area contributed by atoms with Crippen molar-refractivity contribution in [2.75, 3.05) is 7.11 Å². The number of aliphatic hydroxyl groups is 1. The van der Waals surface area contributed by atoms with E-state index in [-0.39, 0.29) is 0 Å². The highest BCUT2D eigenvalue weighted by molar-refractivity contribution is 5.25. The van der Waals surface area contributed by atoms with Crippen LogP contribution in [0.1, 0.15) is 13.3 Å². The Balaban J connectivity index is 2.73. The Bertz CT molecular complexity index is 180. The second-order valence-electron chi connectivity index (χ2n) is 2.45. The van der Waals surface area contributed by atoms with E-state index in [1.54, 1.807) is 7.11 Å². The van der Waals surface area contributed by atoms with Crippen LogP contribution in [-0.2, 0) is 4.74 Å². The first-order chi connectivity index (χ1) is 4.74. The van der Waals surface area contributed by atoms with Crippen LogP contribution in [0.25, 0.3) is 0 Å². The molecule has 1 aliphatic carbocycles. The molecule has 0 fully saturated rings. The first-order valence-electron chi connectivity index (χ1n) is 3.34. The third kappa shape index (κ3) is 1.39. The van der Waals surface area contributed by atoms with E-state index in [0.29, 0.717) is 12.2 Å². The molecule has 1 N–H and O–H groups in total. The minimum absolute atomic E-state index is 0.436. The van der Waals surface area contributed by atoms with Gasteiger partial charge in [-0.3, -0.25) is 0 Å². The highest BCUT2D eigenvalue weighted by Crippen LogP contribution is 2.17.